The molecule has 1 rings (SSSR count). The van der Waals surface area contributed by atoms with Crippen LogP contribution in [0, 0.1) is 0 Å². The molecule has 0 aliphatic carbocycles. The van der Waals surface area contributed by atoms with Crippen molar-refractivity contribution in [2.75, 3.05) is 39.1 Å². The maximum absolute atomic E-state index is 12.1. The van der Waals surface area contributed by atoms with E-state index in [0.717, 1.165) is 5.56 Å². The number of aliphatic hydroxyl groups is 1. The van der Waals surface area contributed by atoms with E-state index in [0.29, 0.717) is 25.4 Å². The van der Waals surface area contributed by atoms with Gasteiger partial charge in [0.1, 0.15) is 0 Å². The summed E-state index contributed by atoms with van der Waals surface area (Å²) in [6.45, 7) is 1.19. The molecule has 0 atom stereocenters. The lowest BCUT2D eigenvalue weighted by molar-refractivity contribution is -0.131. The molecule has 0 aliphatic heterocycles. The summed E-state index contributed by atoms with van der Waals surface area (Å²) in [6, 6.07) is 7.29. The summed E-state index contributed by atoms with van der Waals surface area (Å²) in [5, 5.41) is 8.95. The van der Waals surface area contributed by atoms with Crippen LogP contribution in [0.15, 0.2) is 24.3 Å². The molecule has 0 saturated carbocycles. The Bertz CT molecular complexity index is 382. The SMILES string of the molecule is COCCN(CCO)C(=O)Cc1ccccc1N. The maximum Gasteiger partial charge on any atom is 0.227 e. The van der Waals surface area contributed by atoms with Gasteiger partial charge in [-0.1, -0.05) is 18.2 Å². The van der Waals surface area contributed by atoms with Gasteiger partial charge in [-0.2, -0.15) is 0 Å². The normalized spacial score (nSPS) is 10.3. The third kappa shape index (κ3) is 4.35. The highest BCUT2D eigenvalue weighted by molar-refractivity contribution is 5.80. The number of carbonyl (C=O) groups is 1. The van der Waals surface area contributed by atoms with E-state index >= 15 is 0 Å². The highest BCUT2D eigenvalue weighted by atomic mass is 16.5. The fraction of sp³-hybridized carbons (Fsp3) is 0.462. The third-order valence-electron chi connectivity index (χ3n) is 2.68. The van der Waals surface area contributed by atoms with E-state index in [4.69, 9.17) is 15.6 Å². The minimum absolute atomic E-state index is 0.0558. The fourth-order valence-corrected chi connectivity index (χ4v) is 1.65. The highest BCUT2D eigenvalue weighted by Gasteiger charge is 2.14. The minimum atomic E-state index is -0.0565. The van der Waals surface area contributed by atoms with E-state index in [1.807, 2.05) is 18.2 Å². The van der Waals surface area contributed by atoms with E-state index in [9.17, 15) is 4.79 Å². The standard InChI is InChI=1S/C13H20N2O3/c1-18-9-7-15(6-8-16)13(17)10-11-4-2-3-5-12(11)14/h2-5,16H,6-10,14H2,1H3. The van der Waals surface area contributed by atoms with Crippen molar-refractivity contribution in [3.05, 3.63) is 29.8 Å². The first-order valence-electron chi connectivity index (χ1n) is 5.90. The molecule has 0 radical (unpaired) electrons. The summed E-state index contributed by atoms with van der Waals surface area (Å²) in [7, 11) is 1.58. The molecule has 1 aromatic carbocycles. The number of benzene rings is 1. The van der Waals surface area contributed by atoms with Gasteiger partial charge < -0.3 is 20.5 Å². The van der Waals surface area contributed by atoms with Gasteiger partial charge in [0, 0.05) is 25.9 Å². The van der Waals surface area contributed by atoms with Gasteiger partial charge in [-0.05, 0) is 11.6 Å². The number of nitrogen functional groups attached to an aromatic ring is 1. The molecule has 5 nitrogen and oxygen atoms in total. The number of carbonyl (C=O) groups excluding carboxylic acids is 1. The molecule has 3 N–H and O–H groups in total. The number of ether oxygens (including phenoxy) is 1. The van der Waals surface area contributed by atoms with Gasteiger partial charge in [-0.25, -0.2) is 0 Å². The second-order valence-corrected chi connectivity index (χ2v) is 3.97. The largest absolute Gasteiger partial charge is 0.398 e. The Morgan fingerprint density at radius 3 is 2.72 bits per heavy atom. The summed E-state index contributed by atoms with van der Waals surface area (Å²) in [5.41, 5.74) is 7.22. The highest BCUT2D eigenvalue weighted by Crippen LogP contribution is 2.12. The summed E-state index contributed by atoms with van der Waals surface area (Å²) < 4.78 is 4.94. The molecule has 0 bridgehead atoms. The summed E-state index contributed by atoms with van der Waals surface area (Å²) in [4.78, 5) is 13.6. The molecular weight excluding hydrogens is 232 g/mol. The molecule has 0 fully saturated rings. The number of hydrogen-bond donors (Lipinski definition) is 2. The monoisotopic (exact) mass is 252 g/mol. The van der Waals surface area contributed by atoms with E-state index in [-0.39, 0.29) is 18.9 Å². The van der Waals surface area contributed by atoms with E-state index < -0.39 is 0 Å². The van der Waals surface area contributed by atoms with Crippen molar-refractivity contribution in [2.24, 2.45) is 0 Å². The predicted molar refractivity (Wildman–Crippen MR) is 70.1 cm³/mol. The van der Waals surface area contributed by atoms with E-state index in [1.165, 1.54) is 0 Å². The van der Waals surface area contributed by atoms with Gasteiger partial charge in [0.15, 0.2) is 0 Å². The van der Waals surface area contributed by atoms with Crippen molar-refractivity contribution in [3.63, 3.8) is 0 Å². The van der Waals surface area contributed by atoms with Crippen LogP contribution in [0.25, 0.3) is 0 Å². The van der Waals surface area contributed by atoms with Crippen LogP contribution < -0.4 is 5.73 Å². The number of rotatable bonds is 7. The molecule has 18 heavy (non-hydrogen) atoms. The van der Waals surface area contributed by atoms with Gasteiger partial charge in [-0.15, -0.1) is 0 Å². The van der Waals surface area contributed by atoms with Crippen molar-refractivity contribution >= 4 is 11.6 Å². The summed E-state index contributed by atoms with van der Waals surface area (Å²) in [6.07, 6.45) is 0.246. The van der Waals surface area contributed by atoms with Gasteiger partial charge in [0.2, 0.25) is 5.91 Å². The van der Waals surface area contributed by atoms with Crippen molar-refractivity contribution < 1.29 is 14.6 Å². The van der Waals surface area contributed by atoms with Crippen LogP contribution in [0.4, 0.5) is 5.69 Å². The second-order valence-electron chi connectivity index (χ2n) is 3.97. The number of para-hydroxylation sites is 1. The Balaban J connectivity index is 2.63. The second kappa shape index (κ2) is 7.68. The van der Waals surface area contributed by atoms with E-state index in [1.54, 1.807) is 18.1 Å². The number of nitrogens with two attached hydrogens (primary N) is 1. The zero-order valence-corrected chi connectivity index (χ0v) is 10.6. The average Bonchev–Trinajstić information content (AvgIpc) is 2.37. The average molecular weight is 252 g/mol. The van der Waals surface area contributed by atoms with Gasteiger partial charge in [-0.3, -0.25) is 4.79 Å². The quantitative estimate of drug-likeness (QED) is 0.683. The maximum atomic E-state index is 12.1. The molecule has 0 saturated heterocycles. The fourth-order valence-electron chi connectivity index (χ4n) is 1.65. The summed E-state index contributed by atoms with van der Waals surface area (Å²) in [5.74, 6) is -0.0565. The van der Waals surface area contributed by atoms with Crippen molar-refractivity contribution in [1.29, 1.82) is 0 Å². The predicted octanol–water partition coefficient (Wildman–Crippen LogP) is 0.279. The number of anilines is 1. The lowest BCUT2D eigenvalue weighted by atomic mass is 10.1. The molecule has 0 heterocycles. The molecule has 1 aromatic rings. The third-order valence-corrected chi connectivity index (χ3v) is 2.68. The Kier molecular flexibility index (Phi) is 6.18. The number of nitrogens with zero attached hydrogens (tertiary/aromatic N) is 1. The zero-order valence-electron chi connectivity index (χ0n) is 10.6. The van der Waals surface area contributed by atoms with Gasteiger partial charge >= 0.3 is 0 Å². The Morgan fingerprint density at radius 2 is 2.11 bits per heavy atom. The number of hydrogen-bond acceptors (Lipinski definition) is 4. The smallest absolute Gasteiger partial charge is 0.227 e. The number of amides is 1. The lowest BCUT2D eigenvalue weighted by Gasteiger charge is -2.21. The van der Waals surface area contributed by atoms with Crippen LogP contribution in [-0.4, -0.2) is 49.3 Å². The molecule has 1 amide bonds. The van der Waals surface area contributed by atoms with Crippen LogP contribution in [-0.2, 0) is 16.0 Å². The first-order chi connectivity index (χ1) is 8.69. The molecule has 100 valence electrons. The number of aliphatic hydroxyl groups excluding tert-OH is 1. The topological polar surface area (TPSA) is 75.8 Å². The Hall–Kier alpha value is -1.59. The first kappa shape index (κ1) is 14.5. The van der Waals surface area contributed by atoms with Crippen LogP contribution in [0.1, 0.15) is 5.56 Å². The molecule has 0 unspecified atom stereocenters. The van der Waals surface area contributed by atoms with Crippen LogP contribution in [0.3, 0.4) is 0 Å². The van der Waals surface area contributed by atoms with Gasteiger partial charge in [0.05, 0.1) is 19.6 Å². The van der Waals surface area contributed by atoms with Crippen LogP contribution >= 0.6 is 0 Å². The molecular formula is C13H20N2O3. The molecule has 0 aliphatic rings. The zero-order chi connectivity index (χ0) is 13.4. The van der Waals surface area contributed by atoms with Crippen LogP contribution in [0.2, 0.25) is 0 Å². The minimum Gasteiger partial charge on any atom is -0.398 e. The molecule has 5 heteroatoms. The Morgan fingerprint density at radius 1 is 1.39 bits per heavy atom. The van der Waals surface area contributed by atoms with Crippen LogP contribution in [0.5, 0.6) is 0 Å². The van der Waals surface area contributed by atoms with E-state index in [2.05, 4.69) is 0 Å². The molecule has 0 aromatic heterocycles. The van der Waals surface area contributed by atoms with Crippen molar-refractivity contribution in [2.45, 2.75) is 6.42 Å². The number of methoxy groups -OCH3 is 1. The first-order valence-corrected chi connectivity index (χ1v) is 5.90. The van der Waals surface area contributed by atoms with Crippen molar-refractivity contribution in [3.8, 4) is 0 Å². The molecule has 0 spiro atoms. The van der Waals surface area contributed by atoms with Crippen molar-refractivity contribution in [1.82, 2.24) is 4.90 Å². The lowest BCUT2D eigenvalue weighted by Crippen LogP contribution is -2.37. The Labute approximate surface area is 107 Å². The van der Waals surface area contributed by atoms with Gasteiger partial charge in [0.25, 0.3) is 0 Å². The summed E-state index contributed by atoms with van der Waals surface area (Å²) >= 11 is 0.